The van der Waals surface area contributed by atoms with E-state index in [9.17, 15) is 38.0 Å². The van der Waals surface area contributed by atoms with E-state index >= 15 is 0 Å². The quantitative estimate of drug-likeness (QED) is 0.246. The lowest BCUT2D eigenvalue weighted by atomic mass is 10.1. The summed E-state index contributed by atoms with van der Waals surface area (Å²) in [5, 5.41) is 20.7. The van der Waals surface area contributed by atoms with Gasteiger partial charge in [-0.3, -0.25) is 13.9 Å². The first-order chi connectivity index (χ1) is 15.1. The molecule has 19 heteroatoms. The molecule has 2 aromatic rings. The molecule has 1 saturated heterocycles. The van der Waals surface area contributed by atoms with E-state index in [-0.39, 0.29) is 5.39 Å². The van der Waals surface area contributed by atoms with Crippen LogP contribution in [0.3, 0.4) is 0 Å². The van der Waals surface area contributed by atoms with E-state index in [1.165, 1.54) is 18.3 Å². The van der Waals surface area contributed by atoms with E-state index < -0.39 is 66.0 Å². The van der Waals surface area contributed by atoms with Gasteiger partial charge in [0.25, 0.3) is 5.56 Å². The van der Waals surface area contributed by atoms with E-state index in [0.29, 0.717) is 5.39 Å². The number of hydrogen-bond donors (Lipinski definition) is 6. The Hall–Kier alpha value is -1.35. The number of aliphatic hydroxyl groups is 2. The molecule has 15 nitrogen and oxygen atoms in total. The molecule has 0 radical (unpaired) electrons. The molecule has 1 fully saturated rings. The maximum Gasteiger partial charge on any atom is 0.490 e. The van der Waals surface area contributed by atoms with Crippen molar-refractivity contribution in [2.75, 3.05) is 6.61 Å². The van der Waals surface area contributed by atoms with Gasteiger partial charge in [0.15, 0.2) is 6.23 Å². The molecule has 2 unspecified atom stereocenters. The van der Waals surface area contributed by atoms with E-state index in [1.807, 2.05) is 0 Å². The van der Waals surface area contributed by atoms with E-state index in [2.05, 4.69) is 13.1 Å². The van der Waals surface area contributed by atoms with Crippen LogP contribution in [-0.4, -0.2) is 59.3 Å². The van der Waals surface area contributed by atoms with Crippen LogP contribution in [0.5, 0.6) is 0 Å². The Morgan fingerprint density at radius 1 is 1.00 bits per heavy atom. The van der Waals surface area contributed by atoms with Gasteiger partial charge in [0, 0.05) is 6.20 Å². The minimum absolute atomic E-state index is 0.0560. The molecule has 33 heavy (non-hydrogen) atoms. The largest absolute Gasteiger partial charge is 0.490 e. The van der Waals surface area contributed by atoms with Crippen molar-refractivity contribution in [1.29, 1.82) is 0 Å². The van der Waals surface area contributed by atoms with Crippen LogP contribution in [0.4, 0.5) is 4.39 Å². The normalized spacial score (nSPS) is 27.4. The van der Waals surface area contributed by atoms with Crippen molar-refractivity contribution in [3.8, 4) is 0 Å². The van der Waals surface area contributed by atoms with Crippen LogP contribution in [0.1, 0.15) is 6.23 Å². The van der Waals surface area contributed by atoms with Gasteiger partial charge in [-0.2, -0.15) is 8.62 Å². The lowest BCUT2D eigenvalue weighted by molar-refractivity contribution is -0.0533. The number of aromatic nitrogens is 1. The fourth-order valence-corrected chi connectivity index (χ4v) is 6.02. The summed E-state index contributed by atoms with van der Waals surface area (Å²) in [7, 11) is -16.8. The summed E-state index contributed by atoms with van der Waals surface area (Å²) in [5.74, 6) is -0.695. The number of nitrogens with zero attached hydrogens (tertiary/aromatic N) is 1. The van der Waals surface area contributed by atoms with E-state index in [0.717, 1.165) is 16.7 Å². The second-order valence-electron chi connectivity index (χ2n) is 6.69. The SMILES string of the molecule is O=c1c2cc(F)ccc2ccn1[C@H]1O[C@@H](COP(=O)(O)OP(=O)(O)OP(=O)(O)O)[C@@H](O)[C@H]1O. The predicted octanol–water partition coefficient (Wildman–Crippen LogP) is 0.103. The number of phosphoric acid groups is 3. The number of hydrogen-bond acceptors (Lipinski definition) is 10. The Labute approximate surface area is 183 Å². The number of benzene rings is 1. The van der Waals surface area contributed by atoms with E-state index in [4.69, 9.17) is 19.4 Å². The third-order valence-corrected chi connectivity index (χ3v) is 8.13. The summed E-state index contributed by atoms with van der Waals surface area (Å²) in [4.78, 5) is 48.3. The zero-order valence-electron chi connectivity index (χ0n) is 16.0. The minimum Gasteiger partial charge on any atom is -0.387 e. The highest BCUT2D eigenvalue weighted by Crippen LogP contribution is 2.66. The van der Waals surface area contributed by atoms with Crippen LogP contribution in [0.25, 0.3) is 10.8 Å². The zero-order valence-corrected chi connectivity index (χ0v) is 18.7. The first kappa shape index (κ1) is 26.3. The summed E-state index contributed by atoms with van der Waals surface area (Å²) in [6.07, 6.45) is -5.46. The van der Waals surface area contributed by atoms with Gasteiger partial charge in [-0.1, -0.05) is 6.07 Å². The maximum absolute atomic E-state index is 13.5. The Balaban J connectivity index is 1.74. The highest BCUT2D eigenvalue weighted by Gasteiger charge is 2.46. The van der Waals surface area contributed by atoms with Crippen LogP contribution in [0.15, 0.2) is 35.3 Å². The molecule has 6 N–H and O–H groups in total. The van der Waals surface area contributed by atoms with Crippen molar-refractivity contribution in [2.45, 2.75) is 24.5 Å². The molecule has 184 valence electrons. The zero-order chi connectivity index (χ0) is 24.8. The first-order valence-corrected chi connectivity index (χ1v) is 13.2. The first-order valence-electron chi connectivity index (χ1n) is 8.69. The van der Waals surface area contributed by atoms with Crippen molar-refractivity contribution >= 4 is 34.2 Å². The molecule has 0 amide bonds. The molecule has 0 bridgehead atoms. The molecular formula is C14H17FNO14P3. The van der Waals surface area contributed by atoms with Crippen molar-refractivity contribution in [3.63, 3.8) is 0 Å². The maximum atomic E-state index is 13.5. The molecule has 1 aliphatic heterocycles. The van der Waals surface area contributed by atoms with Gasteiger partial charge >= 0.3 is 23.5 Å². The topological polar surface area (TPSA) is 232 Å². The van der Waals surface area contributed by atoms with Gasteiger partial charge in [0.1, 0.15) is 24.1 Å². The predicted molar refractivity (Wildman–Crippen MR) is 104 cm³/mol. The van der Waals surface area contributed by atoms with Gasteiger partial charge in [-0.05, 0) is 23.6 Å². The second kappa shape index (κ2) is 9.36. The van der Waals surface area contributed by atoms with E-state index in [1.54, 1.807) is 0 Å². The molecule has 0 aliphatic carbocycles. The average molecular weight is 535 g/mol. The molecular weight excluding hydrogens is 518 g/mol. The number of pyridine rings is 1. The van der Waals surface area contributed by atoms with Crippen LogP contribution >= 0.6 is 23.5 Å². The molecule has 1 aromatic carbocycles. The van der Waals surface area contributed by atoms with Gasteiger partial charge in [-0.25, -0.2) is 18.1 Å². The Bertz CT molecular complexity index is 1250. The Morgan fingerprint density at radius 2 is 1.67 bits per heavy atom. The lowest BCUT2D eigenvalue weighted by Gasteiger charge is -2.19. The van der Waals surface area contributed by atoms with Crippen LogP contribution in [0.2, 0.25) is 0 Å². The third-order valence-electron chi connectivity index (χ3n) is 4.32. The molecule has 0 saturated carbocycles. The van der Waals surface area contributed by atoms with Crippen LogP contribution < -0.4 is 5.56 Å². The molecule has 2 heterocycles. The lowest BCUT2D eigenvalue weighted by Crippen LogP contribution is -2.35. The van der Waals surface area contributed by atoms with Gasteiger partial charge in [-0.15, -0.1) is 0 Å². The number of fused-ring (bicyclic) bond motifs is 1. The number of halogens is 1. The fraction of sp³-hybridized carbons (Fsp3) is 0.357. The summed E-state index contributed by atoms with van der Waals surface area (Å²) in [6.45, 7) is -1.05. The average Bonchev–Trinajstić information content (AvgIpc) is 2.93. The van der Waals surface area contributed by atoms with Gasteiger partial charge < -0.3 is 34.5 Å². The number of ether oxygens (including phenoxy) is 1. The molecule has 0 spiro atoms. The second-order valence-corrected chi connectivity index (χ2v) is 11.1. The van der Waals surface area contributed by atoms with Gasteiger partial charge in [0.05, 0.1) is 12.0 Å². The van der Waals surface area contributed by atoms with Crippen LogP contribution in [-0.2, 0) is 31.6 Å². The van der Waals surface area contributed by atoms with Crippen molar-refractivity contribution in [3.05, 3.63) is 46.6 Å². The summed E-state index contributed by atoms with van der Waals surface area (Å²) >= 11 is 0. The molecule has 3 rings (SSSR count). The highest BCUT2D eigenvalue weighted by atomic mass is 31.3. The van der Waals surface area contributed by atoms with Crippen molar-refractivity contribution in [1.82, 2.24) is 4.57 Å². The third kappa shape index (κ3) is 6.41. The Morgan fingerprint density at radius 3 is 2.30 bits per heavy atom. The highest BCUT2D eigenvalue weighted by molar-refractivity contribution is 7.66. The van der Waals surface area contributed by atoms with Crippen molar-refractivity contribution < 1.29 is 65.8 Å². The summed E-state index contributed by atoms with van der Waals surface area (Å²) < 4.78 is 64.9. The standard InChI is InChI=1S/C14H17FNO14P3/c15-8-2-1-7-3-4-16(13(19)9(7)5-8)14-12(18)11(17)10(28-14)6-27-32(23,24)30-33(25,26)29-31(20,21)22/h1-5,10-12,14,17-18H,6H2,(H,23,24)(H,25,26)(H2,20,21,22)/t10-,11+,12+,14-/m0/s1. The number of rotatable bonds is 8. The van der Waals surface area contributed by atoms with Gasteiger partial charge in [0.2, 0.25) is 0 Å². The summed E-state index contributed by atoms with van der Waals surface area (Å²) in [5.41, 5.74) is -0.781. The Kier molecular flexibility index (Phi) is 7.45. The smallest absolute Gasteiger partial charge is 0.387 e. The van der Waals surface area contributed by atoms with Crippen molar-refractivity contribution in [2.24, 2.45) is 0 Å². The number of aliphatic hydroxyl groups excluding tert-OH is 2. The molecule has 6 atom stereocenters. The van der Waals surface area contributed by atoms with Crippen LogP contribution in [0, 0.1) is 5.82 Å². The number of phosphoric ester groups is 1. The minimum atomic E-state index is -5.75. The summed E-state index contributed by atoms with van der Waals surface area (Å²) in [6, 6.07) is 4.86. The fourth-order valence-electron chi connectivity index (χ4n) is 2.99. The molecule has 1 aliphatic rings. The molecule has 1 aromatic heterocycles. The monoisotopic (exact) mass is 535 g/mol.